The lowest BCUT2D eigenvalue weighted by Crippen LogP contribution is -2.39. The first kappa shape index (κ1) is 14.6. The van der Waals surface area contributed by atoms with Crippen molar-refractivity contribution in [2.24, 2.45) is 10.3 Å². The van der Waals surface area contributed by atoms with Gasteiger partial charge in [-0.15, -0.1) is 0 Å². The van der Waals surface area contributed by atoms with Gasteiger partial charge in [0.25, 0.3) is 11.8 Å². The Morgan fingerprint density at radius 2 is 1.62 bits per heavy atom. The van der Waals surface area contributed by atoms with Gasteiger partial charge in [0, 0.05) is 0 Å². The summed E-state index contributed by atoms with van der Waals surface area (Å²) >= 11 is 0. The number of carbonyl (C=O) groups is 2. The van der Waals surface area contributed by atoms with E-state index in [0.717, 1.165) is 16.8 Å². The topological polar surface area (TPSA) is 65.3 Å². The average molecular weight is 320 g/mol. The zero-order valence-corrected chi connectivity index (χ0v) is 13.4. The summed E-state index contributed by atoms with van der Waals surface area (Å²) in [5, 5.41) is 9.69. The van der Waals surface area contributed by atoms with Gasteiger partial charge >= 0.3 is 0 Å². The van der Waals surface area contributed by atoms with E-state index in [1.165, 1.54) is 4.90 Å². The molecule has 0 aromatic heterocycles. The lowest BCUT2D eigenvalue weighted by Gasteiger charge is -2.21. The first-order valence-electron chi connectivity index (χ1n) is 7.78. The highest BCUT2D eigenvalue weighted by molar-refractivity contribution is 6.26. The Morgan fingerprint density at radius 1 is 0.875 bits per heavy atom. The highest BCUT2D eigenvalue weighted by Crippen LogP contribution is 2.35. The van der Waals surface area contributed by atoms with Gasteiger partial charge in [0.05, 0.1) is 11.4 Å². The van der Waals surface area contributed by atoms with Gasteiger partial charge in [0.2, 0.25) is 0 Å². The molecule has 0 N–H and O–H groups in total. The third-order valence-electron chi connectivity index (χ3n) is 4.55. The second kappa shape index (κ2) is 5.26. The largest absolute Gasteiger partial charge is 0.271 e. The van der Waals surface area contributed by atoms with Gasteiger partial charge in [-0.1, -0.05) is 29.5 Å². The van der Waals surface area contributed by atoms with Gasteiger partial charge in [-0.05, 0) is 49.2 Å². The van der Waals surface area contributed by atoms with Gasteiger partial charge < -0.3 is 0 Å². The normalized spacial score (nSPS) is 22.4. The molecule has 0 unspecified atom stereocenters. The minimum Gasteiger partial charge on any atom is -0.271 e. The Bertz CT molecular complexity index is 863. The third-order valence-corrected chi connectivity index (χ3v) is 4.55. The molecule has 1 saturated heterocycles. The first-order valence-corrected chi connectivity index (χ1v) is 7.78. The van der Waals surface area contributed by atoms with Crippen molar-refractivity contribution >= 4 is 23.2 Å². The number of amides is 2. The van der Waals surface area contributed by atoms with E-state index >= 15 is 0 Å². The number of nitrogens with zero attached hydrogens (tertiary/aromatic N) is 4. The predicted molar refractivity (Wildman–Crippen MR) is 89.8 cm³/mol. The first-order chi connectivity index (χ1) is 11.6. The van der Waals surface area contributed by atoms with Crippen LogP contribution in [0.5, 0.6) is 0 Å². The lowest BCUT2D eigenvalue weighted by molar-refractivity contribution is -0.121. The summed E-state index contributed by atoms with van der Waals surface area (Å²) in [6.45, 7) is 4.02. The van der Waals surface area contributed by atoms with Gasteiger partial charge in [-0.25, -0.2) is 9.91 Å². The van der Waals surface area contributed by atoms with Crippen LogP contribution in [0.3, 0.4) is 0 Å². The van der Waals surface area contributed by atoms with E-state index in [-0.39, 0.29) is 11.8 Å². The van der Waals surface area contributed by atoms with Crippen LogP contribution in [0.4, 0.5) is 11.4 Å². The molecule has 0 radical (unpaired) electrons. The predicted octanol–water partition coefficient (Wildman–Crippen LogP) is 2.80. The summed E-state index contributed by atoms with van der Waals surface area (Å²) in [4.78, 5) is 26.7. The number of anilines is 2. The maximum Gasteiger partial charge on any atom is 0.263 e. The van der Waals surface area contributed by atoms with Crippen molar-refractivity contribution in [3.63, 3.8) is 0 Å². The van der Waals surface area contributed by atoms with Crippen LogP contribution in [0, 0.1) is 13.8 Å². The number of aryl methyl sites for hydroxylation is 2. The maximum atomic E-state index is 12.9. The van der Waals surface area contributed by atoms with E-state index in [0.29, 0.717) is 5.69 Å². The monoisotopic (exact) mass is 320 g/mol. The standard InChI is InChI=1S/C18H16N4O2/c1-11-8-9-14(10-12(11)2)22-16-15(19-20-22)17(23)21(18(16)24)13-6-4-3-5-7-13/h3-10,15-16H,1-2H3/t15-,16+/m1/s1. The van der Waals surface area contributed by atoms with Crippen molar-refractivity contribution in [2.75, 3.05) is 9.91 Å². The summed E-state index contributed by atoms with van der Waals surface area (Å²) in [6.07, 6.45) is 0. The maximum absolute atomic E-state index is 12.9. The van der Waals surface area contributed by atoms with Crippen molar-refractivity contribution in [1.29, 1.82) is 0 Å². The number of fused-ring (bicyclic) bond motifs is 1. The van der Waals surface area contributed by atoms with Crippen LogP contribution in [0.25, 0.3) is 0 Å². The van der Waals surface area contributed by atoms with Crippen LogP contribution in [-0.2, 0) is 9.59 Å². The third kappa shape index (κ3) is 2.03. The van der Waals surface area contributed by atoms with Crippen LogP contribution in [0.2, 0.25) is 0 Å². The molecule has 0 aliphatic carbocycles. The molecular weight excluding hydrogens is 304 g/mol. The van der Waals surface area contributed by atoms with Gasteiger partial charge in [0.1, 0.15) is 0 Å². The van der Waals surface area contributed by atoms with Crippen molar-refractivity contribution in [3.05, 3.63) is 59.7 Å². The molecule has 0 bridgehead atoms. The van der Waals surface area contributed by atoms with E-state index in [2.05, 4.69) is 10.3 Å². The number of hydrogen-bond acceptors (Lipinski definition) is 5. The molecule has 2 aliphatic heterocycles. The molecule has 0 saturated carbocycles. The zero-order chi connectivity index (χ0) is 16.8. The van der Waals surface area contributed by atoms with Crippen molar-refractivity contribution in [1.82, 2.24) is 0 Å². The molecule has 2 atom stereocenters. The molecule has 2 aromatic carbocycles. The van der Waals surface area contributed by atoms with Gasteiger partial charge in [-0.2, -0.15) is 5.11 Å². The molecule has 2 heterocycles. The number of hydrogen-bond donors (Lipinski definition) is 0. The summed E-state index contributed by atoms with van der Waals surface area (Å²) in [6, 6.07) is 13.3. The van der Waals surface area contributed by atoms with Crippen LogP contribution < -0.4 is 9.91 Å². The van der Waals surface area contributed by atoms with Crippen molar-refractivity contribution in [3.8, 4) is 0 Å². The minimum atomic E-state index is -0.778. The van der Waals surface area contributed by atoms with Crippen LogP contribution in [0.15, 0.2) is 58.9 Å². The average Bonchev–Trinajstić information content (AvgIpc) is 3.12. The molecule has 2 aromatic rings. The van der Waals surface area contributed by atoms with Gasteiger partial charge in [0.15, 0.2) is 12.1 Å². The molecule has 24 heavy (non-hydrogen) atoms. The fourth-order valence-electron chi connectivity index (χ4n) is 3.07. The quantitative estimate of drug-likeness (QED) is 0.799. The Labute approximate surface area is 139 Å². The number of para-hydroxylation sites is 1. The number of carbonyl (C=O) groups excluding carboxylic acids is 2. The van der Waals surface area contributed by atoms with E-state index in [4.69, 9.17) is 0 Å². The molecule has 6 nitrogen and oxygen atoms in total. The molecular formula is C18H16N4O2. The molecule has 6 heteroatoms. The fraction of sp³-hybridized carbons (Fsp3) is 0.222. The minimum absolute atomic E-state index is 0.292. The van der Waals surface area contributed by atoms with Crippen molar-refractivity contribution in [2.45, 2.75) is 25.9 Å². The fourth-order valence-corrected chi connectivity index (χ4v) is 3.07. The summed E-state index contributed by atoms with van der Waals surface area (Å²) in [5.74, 6) is -0.620. The Morgan fingerprint density at radius 3 is 2.33 bits per heavy atom. The number of benzene rings is 2. The van der Waals surface area contributed by atoms with E-state index in [1.54, 1.807) is 29.3 Å². The molecule has 1 fully saturated rings. The highest BCUT2D eigenvalue weighted by atomic mass is 16.2. The number of imide groups is 1. The Balaban J connectivity index is 1.71. The van der Waals surface area contributed by atoms with Crippen LogP contribution in [-0.4, -0.2) is 23.9 Å². The summed E-state index contributed by atoms with van der Waals surface area (Å²) in [5.41, 5.74) is 3.59. The second-order valence-corrected chi connectivity index (χ2v) is 6.06. The van der Waals surface area contributed by atoms with Crippen molar-refractivity contribution < 1.29 is 9.59 Å². The summed E-state index contributed by atoms with van der Waals surface area (Å²) < 4.78 is 0. The zero-order valence-electron chi connectivity index (χ0n) is 13.4. The summed E-state index contributed by atoms with van der Waals surface area (Å²) in [7, 11) is 0. The second-order valence-electron chi connectivity index (χ2n) is 6.06. The van der Waals surface area contributed by atoms with Crippen LogP contribution in [0.1, 0.15) is 11.1 Å². The smallest absolute Gasteiger partial charge is 0.263 e. The molecule has 4 rings (SSSR count). The van der Waals surface area contributed by atoms with E-state index in [9.17, 15) is 9.59 Å². The lowest BCUT2D eigenvalue weighted by atomic mass is 10.1. The van der Waals surface area contributed by atoms with Gasteiger partial charge in [-0.3, -0.25) is 9.59 Å². The van der Waals surface area contributed by atoms with E-state index in [1.807, 2.05) is 38.1 Å². The highest BCUT2D eigenvalue weighted by Gasteiger charge is 2.55. The molecule has 0 spiro atoms. The Kier molecular flexibility index (Phi) is 3.19. The number of rotatable bonds is 2. The molecule has 2 aliphatic rings. The Hall–Kier alpha value is -3.02. The van der Waals surface area contributed by atoms with Crippen LogP contribution >= 0.6 is 0 Å². The SMILES string of the molecule is Cc1ccc(N2N=N[C@H]3C(=O)N(c4ccccc4)C(=O)[C@H]32)cc1C. The molecule has 120 valence electrons. The van der Waals surface area contributed by atoms with E-state index < -0.39 is 12.1 Å². The molecule has 2 amide bonds.